The Hall–Kier alpha value is -1.71. The van der Waals surface area contributed by atoms with Crippen LogP contribution in [0.3, 0.4) is 0 Å². The Labute approximate surface area is 165 Å². The predicted molar refractivity (Wildman–Crippen MR) is 114 cm³/mol. The fraction of sp³-hybridized carbons (Fsp3) is 0.542. The van der Waals surface area contributed by atoms with Crippen molar-refractivity contribution in [3.05, 3.63) is 65.5 Å². The number of rotatable bonds is 7. The molecule has 2 heterocycles. The van der Waals surface area contributed by atoms with Crippen LogP contribution in [0.1, 0.15) is 56.0 Å². The lowest BCUT2D eigenvalue weighted by Crippen LogP contribution is -2.45. The van der Waals surface area contributed by atoms with Crippen molar-refractivity contribution in [2.24, 2.45) is 5.41 Å². The summed E-state index contributed by atoms with van der Waals surface area (Å²) >= 11 is 0. The molecule has 1 aromatic heterocycles. The highest BCUT2D eigenvalue weighted by Gasteiger charge is 2.33. The first-order valence-electron chi connectivity index (χ1n) is 10.4. The van der Waals surface area contributed by atoms with Crippen LogP contribution in [0, 0.1) is 12.3 Å². The minimum Gasteiger partial charge on any atom is -0.303 e. The largest absolute Gasteiger partial charge is 0.303 e. The topological polar surface area (TPSA) is 19.4 Å². The van der Waals surface area contributed by atoms with Crippen LogP contribution >= 0.6 is 0 Å². The molecule has 0 spiro atoms. The normalized spacial score (nSPS) is 18.6. The summed E-state index contributed by atoms with van der Waals surface area (Å²) < 4.78 is 0. The molecule has 3 nitrogen and oxygen atoms in total. The maximum Gasteiger partial charge on any atom is 0.0774 e. The molecule has 1 aliphatic rings. The predicted octanol–water partition coefficient (Wildman–Crippen LogP) is 4.92. The number of pyridine rings is 1. The second kappa shape index (κ2) is 8.99. The van der Waals surface area contributed by atoms with Gasteiger partial charge in [-0.15, -0.1) is 0 Å². The molecule has 1 unspecified atom stereocenters. The Kier molecular flexibility index (Phi) is 6.67. The van der Waals surface area contributed by atoms with Crippen molar-refractivity contribution in [3.8, 4) is 0 Å². The third-order valence-electron chi connectivity index (χ3n) is 6.04. The number of hydrogen-bond acceptors (Lipinski definition) is 3. The number of aryl methyl sites for hydroxylation is 1. The summed E-state index contributed by atoms with van der Waals surface area (Å²) in [7, 11) is 2.27. The molecule has 1 aromatic carbocycles. The van der Waals surface area contributed by atoms with Crippen LogP contribution in [0.2, 0.25) is 0 Å². The highest BCUT2D eigenvalue weighted by atomic mass is 15.2. The van der Waals surface area contributed by atoms with Gasteiger partial charge in [0.2, 0.25) is 0 Å². The molecule has 3 heteroatoms. The van der Waals surface area contributed by atoms with Crippen molar-refractivity contribution in [2.45, 2.75) is 46.1 Å². The number of nitrogens with zero attached hydrogens (tertiary/aromatic N) is 3. The standard InChI is InChI=1S/C24H35N3/c1-5-16-27-17-13-24(3,14-18-27)19-26(4)23(22-8-6-7-15-25-22)21-11-9-20(2)10-12-21/h6-12,15,23H,5,13-14,16-19H2,1-4H3. The summed E-state index contributed by atoms with van der Waals surface area (Å²) in [5.74, 6) is 0. The molecule has 3 rings (SSSR count). The maximum atomic E-state index is 4.70. The summed E-state index contributed by atoms with van der Waals surface area (Å²) in [6.45, 7) is 11.7. The Morgan fingerprint density at radius 2 is 1.81 bits per heavy atom. The van der Waals surface area contributed by atoms with Gasteiger partial charge in [-0.1, -0.05) is 49.7 Å². The van der Waals surface area contributed by atoms with E-state index in [-0.39, 0.29) is 6.04 Å². The Morgan fingerprint density at radius 3 is 2.41 bits per heavy atom. The van der Waals surface area contributed by atoms with Crippen LogP contribution in [-0.2, 0) is 0 Å². The van der Waals surface area contributed by atoms with Gasteiger partial charge < -0.3 is 4.90 Å². The molecule has 1 fully saturated rings. The van der Waals surface area contributed by atoms with Gasteiger partial charge in [-0.05, 0) is 76.0 Å². The number of piperidine rings is 1. The van der Waals surface area contributed by atoms with E-state index < -0.39 is 0 Å². The minimum absolute atomic E-state index is 0.206. The third kappa shape index (κ3) is 5.18. The highest BCUT2D eigenvalue weighted by molar-refractivity contribution is 5.30. The molecule has 146 valence electrons. The van der Waals surface area contributed by atoms with Crippen molar-refractivity contribution in [2.75, 3.05) is 33.2 Å². The summed E-state index contributed by atoms with van der Waals surface area (Å²) in [6, 6.07) is 15.4. The van der Waals surface area contributed by atoms with Crippen LogP contribution in [0.5, 0.6) is 0 Å². The van der Waals surface area contributed by atoms with Crippen molar-refractivity contribution < 1.29 is 0 Å². The second-order valence-corrected chi connectivity index (χ2v) is 8.64. The van der Waals surface area contributed by atoms with E-state index in [1.165, 1.54) is 50.0 Å². The van der Waals surface area contributed by atoms with Crippen LogP contribution in [0.15, 0.2) is 48.7 Å². The lowest BCUT2D eigenvalue weighted by Gasteiger charge is -2.43. The molecule has 2 aromatic rings. The highest BCUT2D eigenvalue weighted by Crippen LogP contribution is 2.35. The summed E-state index contributed by atoms with van der Waals surface area (Å²) in [4.78, 5) is 9.84. The smallest absolute Gasteiger partial charge is 0.0774 e. The molecule has 27 heavy (non-hydrogen) atoms. The van der Waals surface area contributed by atoms with E-state index in [0.717, 1.165) is 12.2 Å². The molecule has 0 N–H and O–H groups in total. The van der Waals surface area contributed by atoms with Crippen molar-refractivity contribution in [1.29, 1.82) is 0 Å². The molecule has 1 aliphatic heterocycles. The van der Waals surface area contributed by atoms with E-state index in [4.69, 9.17) is 4.98 Å². The van der Waals surface area contributed by atoms with Gasteiger partial charge >= 0.3 is 0 Å². The van der Waals surface area contributed by atoms with E-state index in [9.17, 15) is 0 Å². The van der Waals surface area contributed by atoms with Gasteiger partial charge in [-0.2, -0.15) is 0 Å². The molecule has 0 saturated carbocycles. The van der Waals surface area contributed by atoms with E-state index in [1.54, 1.807) is 0 Å². The zero-order chi connectivity index (χ0) is 19.3. The fourth-order valence-electron chi connectivity index (χ4n) is 4.42. The van der Waals surface area contributed by atoms with Crippen LogP contribution < -0.4 is 0 Å². The van der Waals surface area contributed by atoms with Crippen LogP contribution in [-0.4, -0.2) is 48.0 Å². The summed E-state index contributed by atoms with van der Waals surface area (Å²) in [5.41, 5.74) is 4.14. The molecule has 0 radical (unpaired) electrons. The lowest BCUT2D eigenvalue weighted by atomic mass is 9.79. The van der Waals surface area contributed by atoms with Crippen LogP contribution in [0.25, 0.3) is 0 Å². The molecule has 0 amide bonds. The number of benzene rings is 1. The number of likely N-dealkylation sites (tertiary alicyclic amines) is 1. The SMILES string of the molecule is CCCN1CCC(C)(CN(C)C(c2ccc(C)cc2)c2ccccn2)CC1. The van der Waals surface area contributed by atoms with Crippen LogP contribution in [0.4, 0.5) is 0 Å². The molecular weight excluding hydrogens is 330 g/mol. The lowest BCUT2D eigenvalue weighted by molar-refractivity contribution is 0.0743. The Morgan fingerprint density at radius 1 is 1.11 bits per heavy atom. The molecule has 0 bridgehead atoms. The van der Waals surface area contributed by atoms with Crippen molar-refractivity contribution >= 4 is 0 Å². The molecule has 0 aliphatic carbocycles. The van der Waals surface area contributed by atoms with E-state index in [2.05, 4.69) is 74.0 Å². The third-order valence-corrected chi connectivity index (χ3v) is 6.04. The number of aromatic nitrogens is 1. The van der Waals surface area contributed by atoms with E-state index >= 15 is 0 Å². The van der Waals surface area contributed by atoms with Crippen molar-refractivity contribution in [3.63, 3.8) is 0 Å². The quantitative estimate of drug-likeness (QED) is 0.694. The molecular formula is C24H35N3. The number of hydrogen-bond donors (Lipinski definition) is 0. The van der Waals surface area contributed by atoms with Gasteiger partial charge in [0, 0.05) is 12.7 Å². The first kappa shape index (κ1) is 20.0. The Bertz CT molecular complexity index is 687. The fourth-order valence-corrected chi connectivity index (χ4v) is 4.42. The van der Waals surface area contributed by atoms with Crippen molar-refractivity contribution in [1.82, 2.24) is 14.8 Å². The average Bonchev–Trinajstić information content (AvgIpc) is 2.66. The minimum atomic E-state index is 0.206. The monoisotopic (exact) mass is 365 g/mol. The van der Waals surface area contributed by atoms with Gasteiger partial charge in [0.05, 0.1) is 11.7 Å². The van der Waals surface area contributed by atoms with Gasteiger partial charge in [0.1, 0.15) is 0 Å². The Balaban J connectivity index is 1.77. The van der Waals surface area contributed by atoms with Gasteiger partial charge in [-0.25, -0.2) is 0 Å². The summed E-state index contributed by atoms with van der Waals surface area (Å²) in [5, 5.41) is 0. The van der Waals surface area contributed by atoms with Gasteiger partial charge in [0.25, 0.3) is 0 Å². The summed E-state index contributed by atoms with van der Waals surface area (Å²) in [6.07, 6.45) is 5.72. The zero-order valence-electron chi connectivity index (χ0n) is 17.5. The van der Waals surface area contributed by atoms with E-state index in [0.29, 0.717) is 5.41 Å². The zero-order valence-corrected chi connectivity index (χ0v) is 17.5. The van der Waals surface area contributed by atoms with Gasteiger partial charge in [0.15, 0.2) is 0 Å². The molecule has 1 saturated heterocycles. The first-order chi connectivity index (χ1) is 13.0. The second-order valence-electron chi connectivity index (χ2n) is 8.64. The maximum absolute atomic E-state index is 4.70. The van der Waals surface area contributed by atoms with Gasteiger partial charge in [-0.3, -0.25) is 9.88 Å². The first-order valence-corrected chi connectivity index (χ1v) is 10.4. The average molecular weight is 366 g/mol. The van der Waals surface area contributed by atoms with E-state index in [1.807, 2.05) is 12.3 Å². The molecule has 1 atom stereocenters.